The summed E-state index contributed by atoms with van der Waals surface area (Å²) in [5, 5.41) is 9.49. The molecule has 128 valence electrons. The molecule has 4 rings (SSSR count). The van der Waals surface area contributed by atoms with Crippen molar-refractivity contribution in [3.8, 4) is 0 Å². The molecule has 0 radical (unpaired) electrons. The van der Waals surface area contributed by atoms with Crippen LogP contribution in [0.5, 0.6) is 0 Å². The van der Waals surface area contributed by atoms with Crippen LogP contribution in [0.3, 0.4) is 0 Å². The molecule has 0 spiro atoms. The van der Waals surface area contributed by atoms with Gasteiger partial charge in [0.25, 0.3) is 0 Å². The molecular weight excluding hydrogens is 290 g/mol. The summed E-state index contributed by atoms with van der Waals surface area (Å²) in [5.41, 5.74) is 0. The van der Waals surface area contributed by atoms with Crippen molar-refractivity contribution in [3.63, 3.8) is 0 Å². The van der Waals surface area contributed by atoms with Gasteiger partial charge >= 0.3 is 5.97 Å². The fourth-order valence-electron chi connectivity index (χ4n) is 5.63. The molecule has 3 aliphatic carbocycles. The van der Waals surface area contributed by atoms with Crippen LogP contribution in [0.2, 0.25) is 0 Å². The zero-order chi connectivity index (χ0) is 16.0. The molecule has 1 N–H and O–H groups in total. The van der Waals surface area contributed by atoms with Gasteiger partial charge in [-0.3, -0.25) is 9.59 Å². The monoisotopic (exact) mass is 319 g/mol. The second-order valence-corrected chi connectivity index (χ2v) is 8.50. The van der Waals surface area contributed by atoms with Crippen LogP contribution in [0.1, 0.15) is 57.8 Å². The number of likely N-dealkylation sites (tertiary alicyclic amines) is 1. The number of rotatable bonds is 3. The van der Waals surface area contributed by atoms with E-state index < -0.39 is 5.97 Å². The maximum atomic E-state index is 13.0. The Kier molecular flexibility index (Phi) is 4.10. The number of hydrogen-bond acceptors (Lipinski definition) is 2. The van der Waals surface area contributed by atoms with Gasteiger partial charge in [0.2, 0.25) is 5.91 Å². The molecule has 3 saturated carbocycles. The van der Waals surface area contributed by atoms with Crippen LogP contribution in [0.4, 0.5) is 0 Å². The van der Waals surface area contributed by atoms with E-state index in [1.54, 1.807) is 0 Å². The van der Waals surface area contributed by atoms with E-state index in [1.165, 1.54) is 32.1 Å². The van der Waals surface area contributed by atoms with Gasteiger partial charge in [0.1, 0.15) is 0 Å². The van der Waals surface area contributed by atoms with Gasteiger partial charge in [-0.25, -0.2) is 0 Å². The first-order chi connectivity index (χ1) is 11.1. The van der Waals surface area contributed by atoms with Crippen molar-refractivity contribution in [2.75, 3.05) is 13.1 Å². The number of carbonyl (C=O) groups excluding carboxylic acids is 1. The van der Waals surface area contributed by atoms with Crippen LogP contribution in [-0.2, 0) is 9.59 Å². The second-order valence-electron chi connectivity index (χ2n) is 8.50. The van der Waals surface area contributed by atoms with Crippen molar-refractivity contribution in [1.82, 2.24) is 4.90 Å². The zero-order valence-electron chi connectivity index (χ0n) is 14.0. The zero-order valence-corrected chi connectivity index (χ0v) is 14.0. The summed E-state index contributed by atoms with van der Waals surface area (Å²) in [7, 11) is 0. The maximum Gasteiger partial charge on any atom is 0.308 e. The smallest absolute Gasteiger partial charge is 0.308 e. The SMILES string of the molecule is O=C(O)[C@H]1CN(C(=O)C2CCC3CCCCC3C2)C[C@@H]1C1CC1. The highest BCUT2D eigenvalue weighted by atomic mass is 16.4. The Bertz CT molecular complexity index is 487. The van der Waals surface area contributed by atoms with Gasteiger partial charge in [-0.2, -0.15) is 0 Å². The minimum Gasteiger partial charge on any atom is -0.481 e. The predicted molar refractivity (Wildman–Crippen MR) is 86.7 cm³/mol. The van der Waals surface area contributed by atoms with E-state index in [4.69, 9.17) is 0 Å². The van der Waals surface area contributed by atoms with Crippen LogP contribution < -0.4 is 0 Å². The molecule has 3 unspecified atom stereocenters. The number of hydrogen-bond donors (Lipinski definition) is 1. The lowest BCUT2D eigenvalue weighted by Gasteiger charge is -2.39. The number of aliphatic carboxylic acids is 1. The van der Waals surface area contributed by atoms with E-state index in [2.05, 4.69) is 0 Å². The number of carboxylic acids is 1. The summed E-state index contributed by atoms with van der Waals surface area (Å²) >= 11 is 0. The van der Waals surface area contributed by atoms with E-state index in [1.807, 2.05) is 4.90 Å². The fraction of sp³-hybridized carbons (Fsp3) is 0.895. The van der Waals surface area contributed by atoms with Crippen molar-refractivity contribution in [2.24, 2.45) is 35.5 Å². The van der Waals surface area contributed by atoms with Gasteiger partial charge in [0, 0.05) is 19.0 Å². The molecular formula is C19H29NO3. The van der Waals surface area contributed by atoms with Crippen LogP contribution in [0.25, 0.3) is 0 Å². The minimum atomic E-state index is -0.701. The molecule has 1 saturated heterocycles. The molecule has 0 aromatic carbocycles. The first-order valence-corrected chi connectivity index (χ1v) is 9.65. The highest BCUT2D eigenvalue weighted by molar-refractivity contribution is 5.81. The Hall–Kier alpha value is -1.06. The second kappa shape index (κ2) is 6.10. The Morgan fingerprint density at radius 3 is 2.22 bits per heavy atom. The van der Waals surface area contributed by atoms with E-state index in [9.17, 15) is 14.7 Å². The summed E-state index contributed by atoms with van der Waals surface area (Å²) < 4.78 is 0. The van der Waals surface area contributed by atoms with Crippen molar-refractivity contribution >= 4 is 11.9 Å². The standard InChI is InChI=1S/C19H29NO3/c21-18(15-8-5-12-3-1-2-4-14(12)9-15)20-10-16(13-6-7-13)17(11-20)19(22)23/h12-17H,1-11H2,(H,22,23)/t12?,14?,15?,16-,17+/m1/s1. The number of carboxylic acid groups (broad SMARTS) is 1. The third kappa shape index (κ3) is 3.01. The van der Waals surface area contributed by atoms with Crippen LogP contribution >= 0.6 is 0 Å². The Balaban J connectivity index is 1.40. The normalized spacial score (nSPS) is 40.7. The average molecular weight is 319 g/mol. The topological polar surface area (TPSA) is 57.6 Å². The van der Waals surface area contributed by atoms with Gasteiger partial charge < -0.3 is 10.0 Å². The van der Waals surface area contributed by atoms with E-state index >= 15 is 0 Å². The molecule has 4 nitrogen and oxygen atoms in total. The largest absolute Gasteiger partial charge is 0.481 e. The van der Waals surface area contributed by atoms with Crippen LogP contribution in [-0.4, -0.2) is 35.0 Å². The first-order valence-electron chi connectivity index (χ1n) is 9.65. The van der Waals surface area contributed by atoms with Crippen molar-refractivity contribution in [3.05, 3.63) is 0 Å². The molecule has 0 aromatic heterocycles. The Labute approximate surface area is 138 Å². The molecule has 4 fully saturated rings. The average Bonchev–Trinajstić information content (AvgIpc) is 3.31. The summed E-state index contributed by atoms with van der Waals surface area (Å²) in [4.78, 5) is 26.4. The Morgan fingerprint density at radius 2 is 1.52 bits per heavy atom. The molecule has 1 amide bonds. The molecule has 0 aromatic rings. The number of carbonyl (C=O) groups is 2. The lowest BCUT2D eigenvalue weighted by molar-refractivity contribution is -0.143. The molecule has 23 heavy (non-hydrogen) atoms. The molecule has 1 aliphatic heterocycles. The van der Waals surface area contributed by atoms with E-state index in [0.717, 1.165) is 37.5 Å². The van der Waals surface area contributed by atoms with Gasteiger partial charge in [0.15, 0.2) is 0 Å². The van der Waals surface area contributed by atoms with Crippen molar-refractivity contribution in [2.45, 2.75) is 57.8 Å². The maximum absolute atomic E-state index is 13.0. The summed E-state index contributed by atoms with van der Waals surface area (Å²) in [6, 6.07) is 0. The summed E-state index contributed by atoms with van der Waals surface area (Å²) in [6.45, 7) is 1.16. The minimum absolute atomic E-state index is 0.168. The fourth-order valence-corrected chi connectivity index (χ4v) is 5.63. The van der Waals surface area contributed by atoms with Crippen molar-refractivity contribution in [1.29, 1.82) is 0 Å². The summed E-state index contributed by atoms with van der Waals surface area (Å²) in [5.74, 6) is 1.79. The summed E-state index contributed by atoms with van der Waals surface area (Å²) in [6.07, 6.45) is 11.0. The quantitative estimate of drug-likeness (QED) is 0.869. The lowest BCUT2D eigenvalue weighted by atomic mass is 9.67. The van der Waals surface area contributed by atoms with E-state index in [-0.39, 0.29) is 23.7 Å². The highest BCUT2D eigenvalue weighted by Crippen LogP contribution is 2.46. The lowest BCUT2D eigenvalue weighted by Crippen LogP contribution is -2.39. The predicted octanol–water partition coefficient (Wildman–Crippen LogP) is 3.16. The molecule has 5 atom stereocenters. The first kappa shape index (κ1) is 15.5. The van der Waals surface area contributed by atoms with Crippen LogP contribution in [0, 0.1) is 35.5 Å². The van der Waals surface area contributed by atoms with E-state index in [0.29, 0.717) is 19.0 Å². The van der Waals surface area contributed by atoms with Gasteiger partial charge in [0.05, 0.1) is 5.92 Å². The van der Waals surface area contributed by atoms with Gasteiger partial charge in [-0.05, 0) is 55.8 Å². The highest BCUT2D eigenvalue weighted by Gasteiger charge is 2.48. The van der Waals surface area contributed by atoms with Crippen molar-refractivity contribution < 1.29 is 14.7 Å². The molecule has 1 heterocycles. The third-order valence-corrected chi connectivity index (χ3v) is 7.11. The number of nitrogens with zero attached hydrogens (tertiary/aromatic N) is 1. The van der Waals surface area contributed by atoms with Gasteiger partial charge in [-0.15, -0.1) is 0 Å². The van der Waals surface area contributed by atoms with Gasteiger partial charge in [-0.1, -0.05) is 25.7 Å². The Morgan fingerprint density at radius 1 is 0.826 bits per heavy atom. The third-order valence-electron chi connectivity index (χ3n) is 7.11. The molecule has 4 aliphatic rings. The molecule has 4 heteroatoms. The number of amides is 1. The molecule has 0 bridgehead atoms. The van der Waals surface area contributed by atoms with Crippen LogP contribution in [0.15, 0.2) is 0 Å². The number of fused-ring (bicyclic) bond motifs is 1.